The van der Waals surface area contributed by atoms with Gasteiger partial charge in [-0.25, -0.2) is 13.4 Å². The van der Waals surface area contributed by atoms with Gasteiger partial charge < -0.3 is 4.74 Å². The molecule has 1 N–H and O–H groups in total. The van der Waals surface area contributed by atoms with E-state index in [1.54, 1.807) is 12.3 Å². The summed E-state index contributed by atoms with van der Waals surface area (Å²) in [6, 6.07) is 7.48. The predicted molar refractivity (Wildman–Crippen MR) is 92.1 cm³/mol. The number of nitrogens with one attached hydrogen (secondary N) is 1. The molecular weight excluding hydrogens is 328 g/mol. The van der Waals surface area contributed by atoms with E-state index in [9.17, 15) is 13.2 Å². The van der Waals surface area contributed by atoms with Crippen molar-refractivity contribution in [3.05, 3.63) is 47.7 Å². The van der Waals surface area contributed by atoms with Crippen molar-refractivity contribution in [1.82, 2.24) is 4.98 Å². The molecule has 0 spiro atoms. The highest BCUT2D eigenvalue weighted by Gasteiger charge is 2.21. The number of anilines is 1. The first-order valence-corrected chi connectivity index (χ1v) is 8.78. The van der Waals surface area contributed by atoms with Crippen molar-refractivity contribution >= 4 is 22.0 Å². The Hall–Kier alpha value is -2.41. The Morgan fingerprint density at radius 2 is 1.92 bits per heavy atom. The van der Waals surface area contributed by atoms with Gasteiger partial charge >= 0.3 is 0 Å². The maximum atomic E-state index is 12.6. The number of methoxy groups -OCH3 is 1. The van der Waals surface area contributed by atoms with E-state index >= 15 is 0 Å². The molecule has 128 valence electrons. The minimum atomic E-state index is -3.87. The lowest BCUT2D eigenvalue weighted by Crippen LogP contribution is -2.17. The van der Waals surface area contributed by atoms with Crippen LogP contribution in [0.25, 0.3) is 0 Å². The van der Waals surface area contributed by atoms with Gasteiger partial charge in [-0.3, -0.25) is 9.52 Å². The summed E-state index contributed by atoms with van der Waals surface area (Å²) in [6.45, 7) is 6.01. The van der Waals surface area contributed by atoms with Crippen LogP contribution in [0.1, 0.15) is 36.7 Å². The van der Waals surface area contributed by atoms with Crippen LogP contribution in [0.4, 0.5) is 5.69 Å². The summed E-state index contributed by atoms with van der Waals surface area (Å²) in [4.78, 5) is 15.0. The number of benzene rings is 1. The van der Waals surface area contributed by atoms with Gasteiger partial charge in [0.1, 0.15) is 12.0 Å². The van der Waals surface area contributed by atoms with Gasteiger partial charge in [0.25, 0.3) is 10.0 Å². The van der Waals surface area contributed by atoms with Gasteiger partial charge in [-0.05, 0) is 29.2 Å². The molecule has 0 radical (unpaired) electrons. The van der Waals surface area contributed by atoms with Crippen molar-refractivity contribution in [1.29, 1.82) is 0 Å². The third-order valence-corrected chi connectivity index (χ3v) is 4.82. The van der Waals surface area contributed by atoms with Crippen molar-refractivity contribution in [3.8, 4) is 5.88 Å². The molecule has 0 aliphatic rings. The average Bonchev–Trinajstić information content (AvgIpc) is 2.53. The van der Waals surface area contributed by atoms with E-state index in [1.807, 2.05) is 20.8 Å². The number of carbonyl (C=O) groups excluding carboxylic acids is 1. The van der Waals surface area contributed by atoms with Crippen molar-refractivity contribution in [3.63, 3.8) is 0 Å². The fourth-order valence-corrected chi connectivity index (χ4v) is 3.16. The molecule has 24 heavy (non-hydrogen) atoms. The van der Waals surface area contributed by atoms with Gasteiger partial charge in [0, 0.05) is 11.8 Å². The number of pyridine rings is 1. The molecule has 0 atom stereocenters. The molecule has 2 aromatic rings. The van der Waals surface area contributed by atoms with Gasteiger partial charge in [-0.2, -0.15) is 0 Å². The van der Waals surface area contributed by atoms with Gasteiger partial charge in [0.2, 0.25) is 5.88 Å². The summed E-state index contributed by atoms with van der Waals surface area (Å²) < 4.78 is 32.8. The molecule has 0 amide bonds. The van der Waals surface area contributed by atoms with E-state index < -0.39 is 10.0 Å². The third-order valence-electron chi connectivity index (χ3n) is 3.46. The van der Waals surface area contributed by atoms with Crippen LogP contribution in [0.2, 0.25) is 0 Å². The zero-order valence-corrected chi connectivity index (χ0v) is 14.8. The maximum absolute atomic E-state index is 12.6. The largest absolute Gasteiger partial charge is 0.480 e. The van der Waals surface area contributed by atoms with Gasteiger partial charge in [-0.1, -0.05) is 32.9 Å². The molecular formula is C17H20N2O4S. The summed E-state index contributed by atoms with van der Waals surface area (Å²) in [7, 11) is -2.45. The van der Waals surface area contributed by atoms with Crippen molar-refractivity contribution in [2.75, 3.05) is 11.8 Å². The summed E-state index contributed by atoms with van der Waals surface area (Å²) in [5, 5.41) is 0. The summed E-state index contributed by atoms with van der Waals surface area (Å²) in [6.07, 6.45) is 2.25. The molecule has 1 aromatic heterocycles. The predicted octanol–water partition coefficient (Wildman–Crippen LogP) is 3.00. The van der Waals surface area contributed by atoms with Gasteiger partial charge in [0.05, 0.1) is 12.0 Å². The number of aromatic nitrogens is 1. The molecule has 0 saturated carbocycles. The first-order valence-electron chi connectivity index (χ1n) is 7.30. The second kappa shape index (κ2) is 6.60. The molecule has 1 heterocycles. The third kappa shape index (κ3) is 3.91. The standard InChI is InChI=1S/C17H20N2O4S/c1-17(2,3)13-9-15(16(23-4)18-10-13)19-24(21,22)14-7-5-6-12(8-14)11-20/h5-11,19H,1-4H3. The highest BCUT2D eigenvalue weighted by atomic mass is 32.2. The van der Waals surface area contributed by atoms with Crippen molar-refractivity contribution in [2.45, 2.75) is 31.1 Å². The molecule has 0 fully saturated rings. The Labute approximate surface area is 141 Å². The van der Waals surface area contributed by atoms with Crippen LogP contribution in [0.5, 0.6) is 5.88 Å². The first-order chi connectivity index (χ1) is 11.2. The first kappa shape index (κ1) is 17.9. The number of carbonyl (C=O) groups is 1. The van der Waals surface area contributed by atoms with Gasteiger partial charge in [-0.15, -0.1) is 0 Å². The molecule has 7 heteroatoms. The Bertz CT molecular complexity index is 855. The topological polar surface area (TPSA) is 85.4 Å². The zero-order chi connectivity index (χ0) is 18.0. The second-order valence-corrected chi connectivity index (χ2v) is 8.01. The number of hydrogen-bond acceptors (Lipinski definition) is 5. The highest BCUT2D eigenvalue weighted by molar-refractivity contribution is 7.92. The fourth-order valence-electron chi connectivity index (χ4n) is 2.06. The van der Waals surface area contributed by atoms with Crippen LogP contribution in [0, 0.1) is 0 Å². The SMILES string of the molecule is COc1ncc(C(C)(C)C)cc1NS(=O)(=O)c1cccc(C=O)c1. The molecule has 1 aromatic carbocycles. The summed E-state index contributed by atoms with van der Waals surface area (Å²) in [5.74, 6) is 0.179. The minimum absolute atomic E-state index is 0.00434. The number of aldehydes is 1. The average molecular weight is 348 g/mol. The Balaban J connectivity index is 2.46. The molecule has 0 aliphatic carbocycles. The van der Waals surface area contributed by atoms with Crippen molar-refractivity contribution in [2.24, 2.45) is 0 Å². The van der Waals surface area contributed by atoms with Crippen LogP contribution in [0.3, 0.4) is 0 Å². The summed E-state index contributed by atoms with van der Waals surface area (Å²) >= 11 is 0. The normalized spacial score (nSPS) is 11.8. The lowest BCUT2D eigenvalue weighted by molar-refractivity contribution is 0.112. The van der Waals surface area contributed by atoms with E-state index in [2.05, 4.69) is 9.71 Å². The summed E-state index contributed by atoms with van der Waals surface area (Å²) in [5.41, 5.74) is 1.20. The van der Waals surface area contributed by atoms with Gasteiger partial charge in [0.15, 0.2) is 0 Å². The van der Waals surface area contributed by atoms with E-state index in [-0.39, 0.29) is 27.4 Å². The number of rotatable bonds is 5. The Kier molecular flexibility index (Phi) is 4.94. The van der Waals surface area contributed by atoms with Crippen LogP contribution in [0.15, 0.2) is 41.4 Å². The Morgan fingerprint density at radius 1 is 1.21 bits per heavy atom. The van der Waals surface area contributed by atoms with Crippen molar-refractivity contribution < 1.29 is 17.9 Å². The lowest BCUT2D eigenvalue weighted by Gasteiger charge is -2.20. The second-order valence-electron chi connectivity index (χ2n) is 6.33. The van der Waals surface area contributed by atoms with E-state index in [0.29, 0.717) is 6.29 Å². The highest BCUT2D eigenvalue weighted by Crippen LogP contribution is 2.30. The number of ether oxygens (including phenoxy) is 1. The van der Waals surface area contributed by atoms with Crippen LogP contribution in [-0.4, -0.2) is 26.8 Å². The monoisotopic (exact) mass is 348 g/mol. The molecule has 0 aliphatic heterocycles. The molecule has 2 rings (SSSR count). The lowest BCUT2D eigenvalue weighted by atomic mass is 9.88. The molecule has 0 unspecified atom stereocenters. The van der Waals surface area contributed by atoms with E-state index in [4.69, 9.17) is 4.74 Å². The number of nitrogens with zero attached hydrogens (tertiary/aromatic N) is 1. The van der Waals surface area contributed by atoms with Crippen LogP contribution in [-0.2, 0) is 15.4 Å². The van der Waals surface area contributed by atoms with E-state index in [1.165, 1.54) is 31.4 Å². The van der Waals surface area contributed by atoms with Crippen LogP contribution >= 0.6 is 0 Å². The quantitative estimate of drug-likeness (QED) is 0.840. The number of hydrogen-bond donors (Lipinski definition) is 1. The Morgan fingerprint density at radius 3 is 2.50 bits per heavy atom. The zero-order valence-electron chi connectivity index (χ0n) is 14.0. The maximum Gasteiger partial charge on any atom is 0.262 e. The van der Waals surface area contributed by atoms with Crippen LogP contribution < -0.4 is 9.46 Å². The minimum Gasteiger partial charge on any atom is -0.480 e. The molecule has 0 bridgehead atoms. The molecule has 6 nitrogen and oxygen atoms in total. The molecule has 0 saturated heterocycles. The smallest absolute Gasteiger partial charge is 0.262 e. The van der Waals surface area contributed by atoms with E-state index in [0.717, 1.165) is 5.56 Å². The number of sulfonamides is 1. The fraction of sp³-hybridized carbons (Fsp3) is 0.294.